The van der Waals surface area contributed by atoms with Gasteiger partial charge in [-0.2, -0.15) is 4.31 Å². The highest BCUT2D eigenvalue weighted by atomic mass is 32.2. The molecule has 0 saturated heterocycles. The Morgan fingerprint density at radius 3 is 2.38 bits per heavy atom. The summed E-state index contributed by atoms with van der Waals surface area (Å²) in [5.74, 6) is 0. The van der Waals surface area contributed by atoms with Gasteiger partial charge in [-0.05, 0) is 17.7 Å². The van der Waals surface area contributed by atoms with E-state index >= 15 is 0 Å². The first-order valence-electron chi connectivity index (χ1n) is 6.25. The van der Waals surface area contributed by atoms with Crippen LogP contribution in [0.4, 0.5) is 0 Å². The van der Waals surface area contributed by atoms with Crippen LogP contribution >= 0.6 is 12.6 Å². The lowest BCUT2D eigenvalue weighted by Crippen LogP contribution is -2.26. The summed E-state index contributed by atoms with van der Waals surface area (Å²) in [5, 5.41) is -0.460. The van der Waals surface area contributed by atoms with E-state index in [0.717, 1.165) is 5.56 Å². The van der Waals surface area contributed by atoms with Crippen LogP contribution in [0, 0.1) is 0 Å². The van der Waals surface area contributed by atoms with Gasteiger partial charge in [0.1, 0.15) is 0 Å². The van der Waals surface area contributed by atoms with Gasteiger partial charge in [-0.25, -0.2) is 8.42 Å². The molecule has 0 aliphatic heterocycles. The SMILES string of the molecule is CN(Cc1ccccc1)S(=O)(=O)c1cccc(C(=O)S)c1. The van der Waals surface area contributed by atoms with Gasteiger partial charge in [0, 0.05) is 19.2 Å². The molecule has 0 saturated carbocycles. The summed E-state index contributed by atoms with van der Waals surface area (Å²) in [5.41, 5.74) is 1.15. The highest BCUT2D eigenvalue weighted by Crippen LogP contribution is 2.18. The van der Waals surface area contributed by atoms with E-state index in [2.05, 4.69) is 12.6 Å². The minimum absolute atomic E-state index is 0.0841. The Labute approximate surface area is 129 Å². The van der Waals surface area contributed by atoms with Gasteiger partial charge in [-0.15, -0.1) is 12.6 Å². The molecule has 0 aliphatic rings. The molecule has 0 atom stereocenters. The maximum Gasteiger partial charge on any atom is 0.243 e. The second-order valence-electron chi connectivity index (χ2n) is 4.58. The summed E-state index contributed by atoms with van der Waals surface area (Å²) in [4.78, 5) is 11.3. The lowest BCUT2D eigenvalue weighted by Gasteiger charge is -2.17. The number of hydrogen-bond donors (Lipinski definition) is 1. The second-order valence-corrected chi connectivity index (χ2v) is 7.03. The first kappa shape index (κ1) is 15.8. The Hall–Kier alpha value is -1.63. The van der Waals surface area contributed by atoms with Crippen LogP contribution in [0.2, 0.25) is 0 Å². The molecule has 2 aromatic rings. The lowest BCUT2D eigenvalue weighted by molar-refractivity contribution is 0.109. The Morgan fingerprint density at radius 2 is 1.76 bits per heavy atom. The zero-order valence-electron chi connectivity index (χ0n) is 11.4. The quantitative estimate of drug-likeness (QED) is 0.861. The third-order valence-corrected chi connectivity index (χ3v) is 5.09. The van der Waals surface area contributed by atoms with Crippen LogP contribution in [-0.2, 0) is 16.6 Å². The predicted molar refractivity (Wildman–Crippen MR) is 84.9 cm³/mol. The van der Waals surface area contributed by atoms with E-state index in [1.54, 1.807) is 0 Å². The highest BCUT2D eigenvalue weighted by molar-refractivity contribution is 7.97. The van der Waals surface area contributed by atoms with Crippen LogP contribution in [0.3, 0.4) is 0 Å². The Kier molecular flexibility index (Phi) is 4.82. The van der Waals surface area contributed by atoms with Crippen molar-refractivity contribution in [3.05, 3.63) is 65.7 Å². The van der Waals surface area contributed by atoms with Gasteiger partial charge in [-0.1, -0.05) is 42.5 Å². The molecule has 0 unspecified atom stereocenters. The van der Waals surface area contributed by atoms with Crippen LogP contribution in [0.15, 0.2) is 59.5 Å². The van der Waals surface area contributed by atoms with Gasteiger partial charge >= 0.3 is 0 Å². The molecule has 0 spiro atoms. The summed E-state index contributed by atoms with van der Waals surface area (Å²) in [7, 11) is -2.13. The molecule has 110 valence electrons. The molecule has 0 bridgehead atoms. The van der Waals surface area contributed by atoms with Crippen molar-refractivity contribution < 1.29 is 13.2 Å². The molecule has 4 nitrogen and oxygen atoms in total. The minimum atomic E-state index is -3.65. The molecular formula is C15H15NO3S2. The van der Waals surface area contributed by atoms with Crippen molar-refractivity contribution in [3.8, 4) is 0 Å². The number of carbonyl (C=O) groups is 1. The fraction of sp³-hybridized carbons (Fsp3) is 0.133. The van der Waals surface area contributed by atoms with Crippen molar-refractivity contribution in [2.75, 3.05) is 7.05 Å². The van der Waals surface area contributed by atoms with Gasteiger partial charge in [0.15, 0.2) is 0 Å². The molecule has 0 fully saturated rings. The van der Waals surface area contributed by atoms with E-state index in [1.807, 2.05) is 30.3 Å². The van der Waals surface area contributed by atoms with Crippen molar-refractivity contribution in [1.82, 2.24) is 4.31 Å². The molecule has 0 radical (unpaired) electrons. The number of carbonyl (C=O) groups excluding carboxylic acids is 1. The van der Waals surface area contributed by atoms with Crippen molar-refractivity contribution >= 4 is 27.8 Å². The molecule has 2 aromatic carbocycles. The summed E-state index contributed by atoms with van der Waals surface area (Å²) < 4.78 is 26.3. The molecule has 21 heavy (non-hydrogen) atoms. The number of thiol groups is 1. The first-order valence-corrected chi connectivity index (χ1v) is 8.13. The van der Waals surface area contributed by atoms with Crippen molar-refractivity contribution in [3.63, 3.8) is 0 Å². The number of nitrogens with zero attached hydrogens (tertiary/aromatic N) is 1. The van der Waals surface area contributed by atoms with Crippen LogP contribution in [0.1, 0.15) is 15.9 Å². The van der Waals surface area contributed by atoms with Gasteiger partial charge in [0.2, 0.25) is 15.1 Å². The van der Waals surface area contributed by atoms with Gasteiger partial charge in [0.05, 0.1) is 4.90 Å². The van der Waals surface area contributed by atoms with Crippen LogP contribution < -0.4 is 0 Å². The monoisotopic (exact) mass is 321 g/mol. The second kappa shape index (κ2) is 6.43. The van der Waals surface area contributed by atoms with Gasteiger partial charge in [0.25, 0.3) is 0 Å². The standard InChI is InChI=1S/C15H15NO3S2/c1-16(11-12-6-3-2-4-7-12)21(18,19)14-9-5-8-13(10-14)15(17)20/h2-10H,11H2,1H3,(H,17,20). The summed E-state index contributed by atoms with van der Waals surface area (Å²) in [6.07, 6.45) is 0. The van der Waals surface area contributed by atoms with Crippen molar-refractivity contribution in [2.45, 2.75) is 11.4 Å². The number of benzene rings is 2. The zero-order valence-corrected chi connectivity index (χ0v) is 13.1. The number of hydrogen-bond acceptors (Lipinski definition) is 3. The Bertz CT molecular complexity index is 743. The third kappa shape index (κ3) is 3.72. The molecule has 0 heterocycles. The fourth-order valence-electron chi connectivity index (χ4n) is 1.90. The largest absolute Gasteiger partial charge is 0.282 e. The molecular weight excluding hydrogens is 306 g/mol. The van der Waals surface area contributed by atoms with E-state index in [0.29, 0.717) is 0 Å². The number of sulfonamides is 1. The van der Waals surface area contributed by atoms with Crippen molar-refractivity contribution in [2.24, 2.45) is 0 Å². The Morgan fingerprint density at radius 1 is 1.10 bits per heavy atom. The summed E-state index contributed by atoms with van der Waals surface area (Å²) in [6, 6.07) is 15.2. The molecule has 0 aromatic heterocycles. The molecule has 0 N–H and O–H groups in total. The van der Waals surface area contributed by atoms with E-state index in [-0.39, 0.29) is 17.0 Å². The third-order valence-electron chi connectivity index (χ3n) is 3.04. The summed E-state index contributed by atoms with van der Waals surface area (Å²) >= 11 is 3.72. The smallest absolute Gasteiger partial charge is 0.243 e. The van der Waals surface area contributed by atoms with Gasteiger partial charge in [-0.3, -0.25) is 4.79 Å². The Balaban J connectivity index is 2.29. The number of rotatable bonds is 5. The average molecular weight is 321 g/mol. The van der Waals surface area contributed by atoms with Crippen molar-refractivity contribution in [1.29, 1.82) is 0 Å². The van der Waals surface area contributed by atoms with Crippen LogP contribution in [-0.4, -0.2) is 24.9 Å². The fourth-order valence-corrected chi connectivity index (χ4v) is 3.24. The molecule has 0 amide bonds. The minimum Gasteiger partial charge on any atom is -0.282 e. The van der Waals surface area contributed by atoms with E-state index in [4.69, 9.17) is 0 Å². The summed E-state index contributed by atoms with van der Waals surface area (Å²) in [6.45, 7) is 0.266. The van der Waals surface area contributed by atoms with E-state index in [9.17, 15) is 13.2 Å². The molecule has 6 heteroatoms. The molecule has 0 aliphatic carbocycles. The van der Waals surface area contributed by atoms with E-state index < -0.39 is 15.1 Å². The topological polar surface area (TPSA) is 54.5 Å². The predicted octanol–water partition coefficient (Wildman–Crippen LogP) is 2.58. The maximum absolute atomic E-state index is 12.5. The molecule has 2 rings (SSSR count). The van der Waals surface area contributed by atoms with E-state index in [1.165, 1.54) is 35.6 Å². The maximum atomic E-state index is 12.5. The average Bonchev–Trinajstić information content (AvgIpc) is 2.48. The lowest BCUT2D eigenvalue weighted by atomic mass is 10.2. The highest BCUT2D eigenvalue weighted by Gasteiger charge is 2.21. The zero-order chi connectivity index (χ0) is 15.5. The van der Waals surface area contributed by atoms with Crippen LogP contribution in [0.5, 0.6) is 0 Å². The van der Waals surface area contributed by atoms with Gasteiger partial charge < -0.3 is 0 Å². The normalized spacial score (nSPS) is 11.6. The van der Waals surface area contributed by atoms with Crippen LogP contribution in [0.25, 0.3) is 0 Å². The first-order chi connectivity index (χ1) is 9.91.